The minimum Gasteiger partial charge on any atom is -0.381 e. The first kappa shape index (κ1) is 13.5. The Morgan fingerprint density at radius 3 is 3.05 bits per heavy atom. The van der Waals surface area contributed by atoms with Crippen molar-refractivity contribution in [3.8, 4) is 0 Å². The van der Waals surface area contributed by atoms with E-state index in [1.165, 1.54) is 22.8 Å². The number of pyridine rings is 1. The zero-order valence-electron chi connectivity index (χ0n) is 12.0. The molecule has 0 aliphatic carbocycles. The van der Waals surface area contributed by atoms with E-state index in [0.717, 1.165) is 26.2 Å². The number of hydrogen-bond donors (Lipinski definition) is 1. The number of benzene rings is 1. The molecule has 3 heteroatoms. The number of nitrogens with zero attached hydrogens (tertiary/aromatic N) is 1. The largest absolute Gasteiger partial charge is 0.381 e. The Hall–Kier alpha value is -1.45. The molecular formula is C17H22N2O. The fourth-order valence-electron chi connectivity index (χ4n) is 3.17. The van der Waals surface area contributed by atoms with Crippen LogP contribution in [0.4, 0.5) is 0 Å². The van der Waals surface area contributed by atoms with Crippen LogP contribution < -0.4 is 5.32 Å². The Morgan fingerprint density at radius 1 is 1.35 bits per heavy atom. The van der Waals surface area contributed by atoms with Gasteiger partial charge in [0.2, 0.25) is 0 Å². The normalized spacial score (nSPS) is 20.9. The monoisotopic (exact) mass is 270 g/mol. The molecule has 1 N–H and O–H groups in total. The van der Waals surface area contributed by atoms with Gasteiger partial charge in [0.1, 0.15) is 0 Å². The van der Waals surface area contributed by atoms with Crippen molar-refractivity contribution in [2.45, 2.75) is 25.8 Å². The number of ether oxygens (including phenoxy) is 1. The van der Waals surface area contributed by atoms with E-state index in [4.69, 9.17) is 4.74 Å². The maximum Gasteiger partial charge on any atom is 0.0512 e. The molecule has 106 valence electrons. The van der Waals surface area contributed by atoms with Gasteiger partial charge in [0.05, 0.1) is 6.61 Å². The van der Waals surface area contributed by atoms with Crippen molar-refractivity contribution >= 4 is 10.8 Å². The van der Waals surface area contributed by atoms with Crippen LogP contribution in [0.5, 0.6) is 0 Å². The number of nitrogens with one attached hydrogen (secondary N) is 1. The van der Waals surface area contributed by atoms with Crippen molar-refractivity contribution < 1.29 is 4.74 Å². The molecule has 0 amide bonds. The topological polar surface area (TPSA) is 34.2 Å². The van der Waals surface area contributed by atoms with Crippen LogP contribution in [0.25, 0.3) is 10.8 Å². The van der Waals surface area contributed by atoms with Crippen LogP contribution in [0, 0.1) is 5.92 Å². The summed E-state index contributed by atoms with van der Waals surface area (Å²) in [7, 11) is 0. The third kappa shape index (κ3) is 2.69. The minimum absolute atomic E-state index is 0.332. The molecule has 3 rings (SSSR count). The molecule has 1 aliphatic rings. The van der Waals surface area contributed by atoms with Crippen molar-refractivity contribution in [2.24, 2.45) is 5.92 Å². The summed E-state index contributed by atoms with van der Waals surface area (Å²) in [4.78, 5) is 4.43. The van der Waals surface area contributed by atoms with E-state index >= 15 is 0 Å². The third-order valence-electron chi connectivity index (χ3n) is 4.13. The quantitative estimate of drug-likeness (QED) is 0.925. The molecule has 3 nitrogen and oxygen atoms in total. The summed E-state index contributed by atoms with van der Waals surface area (Å²) < 4.78 is 5.68. The molecule has 2 atom stereocenters. The molecule has 1 saturated heterocycles. The molecule has 20 heavy (non-hydrogen) atoms. The molecule has 1 aromatic carbocycles. The molecule has 0 spiro atoms. The van der Waals surface area contributed by atoms with E-state index < -0.39 is 0 Å². The fraction of sp³-hybridized carbons (Fsp3) is 0.471. The van der Waals surface area contributed by atoms with Crippen LogP contribution in [-0.2, 0) is 4.74 Å². The first-order valence-electron chi connectivity index (χ1n) is 7.54. The van der Waals surface area contributed by atoms with Gasteiger partial charge in [0.25, 0.3) is 0 Å². The van der Waals surface area contributed by atoms with Gasteiger partial charge in [-0.1, -0.05) is 31.2 Å². The second-order valence-electron chi connectivity index (χ2n) is 5.46. The molecule has 0 radical (unpaired) electrons. The van der Waals surface area contributed by atoms with E-state index in [1.807, 2.05) is 12.4 Å². The highest BCUT2D eigenvalue weighted by molar-refractivity contribution is 5.85. The van der Waals surface area contributed by atoms with Crippen LogP contribution in [-0.4, -0.2) is 24.7 Å². The summed E-state index contributed by atoms with van der Waals surface area (Å²) in [5, 5.41) is 6.16. The molecule has 2 heterocycles. The highest BCUT2D eigenvalue weighted by Crippen LogP contribution is 2.32. The molecule has 2 aromatic rings. The van der Waals surface area contributed by atoms with Gasteiger partial charge in [-0.15, -0.1) is 0 Å². The SMILES string of the molecule is CCNC(c1cncc2ccccc12)C1CCCOC1. The van der Waals surface area contributed by atoms with Crippen LogP contribution in [0.15, 0.2) is 36.7 Å². The van der Waals surface area contributed by atoms with Crippen LogP contribution >= 0.6 is 0 Å². The standard InChI is InChI=1S/C17H22N2O/c1-2-19-17(14-7-5-9-20-12-14)16-11-18-10-13-6-3-4-8-15(13)16/h3-4,6,8,10-11,14,17,19H,2,5,7,9,12H2,1H3. The smallest absolute Gasteiger partial charge is 0.0512 e. The summed E-state index contributed by atoms with van der Waals surface area (Å²) in [6.07, 6.45) is 6.34. The Labute approximate surface area is 120 Å². The number of rotatable bonds is 4. The summed E-state index contributed by atoms with van der Waals surface area (Å²) in [5.41, 5.74) is 1.31. The van der Waals surface area contributed by atoms with Gasteiger partial charge in [0.15, 0.2) is 0 Å². The lowest BCUT2D eigenvalue weighted by Gasteiger charge is -2.31. The Kier molecular flexibility index (Phi) is 4.28. The van der Waals surface area contributed by atoms with Gasteiger partial charge >= 0.3 is 0 Å². The van der Waals surface area contributed by atoms with Crippen LogP contribution in [0.2, 0.25) is 0 Å². The maximum absolute atomic E-state index is 5.68. The minimum atomic E-state index is 0.332. The molecular weight excluding hydrogens is 248 g/mol. The predicted molar refractivity (Wildman–Crippen MR) is 81.7 cm³/mol. The van der Waals surface area contributed by atoms with Crippen LogP contribution in [0.3, 0.4) is 0 Å². The van der Waals surface area contributed by atoms with Crippen molar-refractivity contribution in [3.05, 3.63) is 42.2 Å². The third-order valence-corrected chi connectivity index (χ3v) is 4.13. The summed E-state index contributed by atoms with van der Waals surface area (Å²) >= 11 is 0. The van der Waals surface area contributed by atoms with E-state index in [-0.39, 0.29) is 0 Å². The highest BCUT2D eigenvalue weighted by atomic mass is 16.5. The lowest BCUT2D eigenvalue weighted by Crippen LogP contribution is -2.33. The van der Waals surface area contributed by atoms with Gasteiger partial charge in [-0.3, -0.25) is 4.98 Å². The van der Waals surface area contributed by atoms with Gasteiger partial charge in [-0.2, -0.15) is 0 Å². The highest BCUT2D eigenvalue weighted by Gasteiger charge is 2.26. The van der Waals surface area contributed by atoms with Crippen molar-refractivity contribution in [1.82, 2.24) is 10.3 Å². The lowest BCUT2D eigenvalue weighted by molar-refractivity contribution is 0.0394. The molecule has 1 aromatic heterocycles. The van der Waals surface area contributed by atoms with Gasteiger partial charge in [0, 0.05) is 36.3 Å². The van der Waals surface area contributed by atoms with Gasteiger partial charge < -0.3 is 10.1 Å². The van der Waals surface area contributed by atoms with Gasteiger partial charge in [-0.05, 0) is 30.3 Å². The molecule has 1 fully saturated rings. The fourth-order valence-corrected chi connectivity index (χ4v) is 3.17. The first-order valence-corrected chi connectivity index (χ1v) is 7.54. The lowest BCUT2D eigenvalue weighted by atomic mass is 9.87. The number of fused-ring (bicyclic) bond motifs is 1. The first-order chi connectivity index (χ1) is 9.90. The van der Waals surface area contributed by atoms with E-state index in [1.54, 1.807) is 0 Å². The molecule has 2 unspecified atom stereocenters. The predicted octanol–water partition coefficient (Wildman–Crippen LogP) is 3.31. The zero-order valence-corrected chi connectivity index (χ0v) is 12.0. The summed E-state index contributed by atoms with van der Waals surface area (Å²) in [6, 6.07) is 8.83. The van der Waals surface area contributed by atoms with Crippen molar-refractivity contribution in [2.75, 3.05) is 19.8 Å². The van der Waals surface area contributed by atoms with Crippen molar-refractivity contribution in [3.63, 3.8) is 0 Å². The second-order valence-corrected chi connectivity index (χ2v) is 5.46. The van der Waals surface area contributed by atoms with Gasteiger partial charge in [-0.25, -0.2) is 0 Å². The average molecular weight is 270 g/mol. The second kappa shape index (κ2) is 6.33. The summed E-state index contributed by atoms with van der Waals surface area (Å²) in [6.45, 7) is 4.88. The maximum atomic E-state index is 5.68. The average Bonchev–Trinajstić information content (AvgIpc) is 2.53. The van der Waals surface area contributed by atoms with E-state index in [9.17, 15) is 0 Å². The zero-order chi connectivity index (χ0) is 13.8. The molecule has 0 saturated carbocycles. The Morgan fingerprint density at radius 2 is 2.25 bits per heavy atom. The van der Waals surface area contributed by atoms with E-state index in [0.29, 0.717) is 12.0 Å². The Balaban J connectivity index is 2.00. The Bertz CT molecular complexity index is 558. The number of hydrogen-bond acceptors (Lipinski definition) is 3. The van der Waals surface area contributed by atoms with Crippen LogP contribution in [0.1, 0.15) is 31.4 Å². The molecule has 0 bridgehead atoms. The molecule has 1 aliphatic heterocycles. The van der Waals surface area contributed by atoms with Crippen molar-refractivity contribution in [1.29, 1.82) is 0 Å². The summed E-state index contributed by atoms with van der Waals surface area (Å²) in [5.74, 6) is 0.538. The van der Waals surface area contributed by atoms with E-state index in [2.05, 4.69) is 41.5 Å². The number of aromatic nitrogens is 1.